The van der Waals surface area contributed by atoms with Crippen LogP contribution in [0.4, 0.5) is 0 Å². The minimum absolute atomic E-state index is 0.571. The van der Waals surface area contributed by atoms with Gasteiger partial charge in [0.2, 0.25) is 0 Å². The fourth-order valence-corrected chi connectivity index (χ4v) is 13.0. The molecule has 0 saturated heterocycles. The Balaban J connectivity index is 3.91. The molecule has 0 aliphatic carbocycles. The first-order chi connectivity index (χ1) is 22.8. The Kier molecular flexibility index (Phi) is 44.1. The third kappa shape index (κ3) is 40.7. The van der Waals surface area contributed by atoms with E-state index in [4.69, 9.17) is 0 Å². The summed E-state index contributed by atoms with van der Waals surface area (Å²) in [5.41, 5.74) is 0. The van der Waals surface area contributed by atoms with E-state index in [1.165, 1.54) is 212 Å². The van der Waals surface area contributed by atoms with Gasteiger partial charge in [0.15, 0.2) is 0 Å². The standard InChI is InChI=1S/C45H93As/c1-4-7-10-13-16-19-22-25-28-31-34-37-40-43-46(44-41-38-35-32-29-26-23-20-17-14-11-8-5-2)45-42-39-36-33-30-27-24-21-18-15-12-9-6-3/h4-45H2,1-3H3. The van der Waals surface area contributed by atoms with Crippen LogP contribution in [0, 0.1) is 0 Å². The topological polar surface area (TPSA) is 0 Å². The third-order valence-electron chi connectivity index (χ3n) is 10.7. The van der Waals surface area contributed by atoms with Gasteiger partial charge in [-0.15, -0.1) is 0 Å². The van der Waals surface area contributed by atoms with Gasteiger partial charge in [-0.25, -0.2) is 0 Å². The second-order valence-corrected chi connectivity index (χ2v) is 21.2. The summed E-state index contributed by atoms with van der Waals surface area (Å²) >= 11 is -0.571. The van der Waals surface area contributed by atoms with Crippen molar-refractivity contribution >= 4 is 14.7 Å². The van der Waals surface area contributed by atoms with Crippen molar-refractivity contribution in [1.29, 1.82) is 0 Å². The Bertz CT molecular complexity index is 430. The molecule has 0 radical (unpaired) electrons. The van der Waals surface area contributed by atoms with E-state index in [-0.39, 0.29) is 0 Å². The molecule has 0 bridgehead atoms. The quantitative estimate of drug-likeness (QED) is 0.0437. The smallest absolute Gasteiger partial charge is 0.0654 e. The van der Waals surface area contributed by atoms with Gasteiger partial charge in [0.05, 0.1) is 0 Å². The first-order valence-electron chi connectivity index (χ1n) is 22.6. The molecule has 0 amide bonds. The van der Waals surface area contributed by atoms with Gasteiger partial charge in [0.25, 0.3) is 0 Å². The van der Waals surface area contributed by atoms with Gasteiger partial charge in [-0.1, -0.05) is 59.3 Å². The van der Waals surface area contributed by atoms with Gasteiger partial charge in [-0.05, 0) is 0 Å². The number of rotatable bonds is 42. The van der Waals surface area contributed by atoms with Crippen molar-refractivity contribution in [3.63, 3.8) is 0 Å². The van der Waals surface area contributed by atoms with Crippen LogP contribution in [0.3, 0.4) is 0 Å². The second kappa shape index (κ2) is 43.6. The molecule has 0 atom stereocenters. The van der Waals surface area contributed by atoms with Crippen molar-refractivity contribution in [1.82, 2.24) is 0 Å². The van der Waals surface area contributed by atoms with Crippen LogP contribution in [-0.2, 0) is 0 Å². The van der Waals surface area contributed by atoms with Crippen molar-refractivity contribution < 1.29 is 0 Å². The Hall–Kier alpha value is 0.558. The Morgan fingerprint density at radius 3 is 0.457 bits per heavy atom. The fourth-order valence-electron chi connectivity index (χ4n) is 7.39. The summed E-state index contributed by atoms with van der Waals surface area (Å²) in [6.07, 6.45) is 58.3. The zero-order valence-electron chi connectivity index (χ0n) is 33.1. The molecule has 278 valence electrons. The van der Waals surface area contributed by atoms with Crippen LogP contribution >= 0.6 is 0 Å². The van der Waals surface area contributed by atoms with Crippen molar-refractivity contribution in [2.75, 3.05) is 0 Å². The zero-order chi connectivity index (χ0) is 33.3. The molecular formula is C45H93As. The maximum absolute atomic E-state index is 2.32. The molecule has 0 spiro atoms. The van der Waals surface area contributed by atoms with Gasteiger partial charge < -0.3 is 0 Å². The minimum Gasteiger partial charge on any atom is -0.0654 e. The molecule has 0 N–H and O–H groups in total. The summed E-state index contributed by atoms with van der Waals surface area (Å²) in [4.78, 5) is 0. The van der Waals surface area contributed by atoms with Gasteiger partial charge in [0, 0.05) is 0 Å². The maximum atomic E-state index is 2.32. The molecule has 0 aromatic carbocycles. The fraction of sp³-hybridized carbons (Fsp3) is 1.00. The van der Waals surface area contributed by atoms with Crippen LogP contribution in [0.25, 0.3) is 0 Å². The van der Waals surface area contributed by atoms with Crippen molar-refractivity contribution in [3.8, 4) is 0 Å². The molecular weight excluding hydrogens is 615 g/mol. The first-order valence-corrected chi connectivity index (χ1v) is 26.6. The second-order valence-electron chi connectivity index (χ2n) is 15.6. The SMILES string of the molecule is CCCCCCCCCCCCCCC[As](CCCCCCCCCCCCCCC)CCCCCCCCCCCCCCC. The van der Waals surface area contributed by atoms with Crippen LogP contribution in [0.15, 0.2) is 0 Å². The van der Waals surface area contributed by atoms with E-state index in [1.54, 1.807) is 54.2 Å². The monoisotopic (exact) mass is 709 g/mol. The summed E-state index contributed by atoms with van der Waals surface area (Å²) in [6, 6.07) is 0. The molecule has 0 aromatic heterocycles. The Morgan fingerprint density at radius 1 is 0.174 bits per heavy atom. The van der Waals surface area contributed by atoms with E-state index in [0.717, 1.165) is 0 Å². The summed E-state index contributed by atoms with van der Waals surface area (Å²) in [7, 11) is 0. The molecule has 0 heterocycles. The van der Waals surface area contributed by atoms with Crippen LogP contribution < -0.4 is 0 Å². The number of hydrogen-bond donors (Lipinski definition) is 0. The van der Waals surface area contributed by atoms with Crippen LogP contribution in [0.1, 0.15) is 271 Å². The molecule has 0 aliphatic heterocycles. The summed E-state index contributed by atoms with van der Waals surface area (Å²) in [5, 5.41) is 5.05. The van der Waals surface area contributed by atoms with Crippen molar-refractivity contribution in [2.45, 2.75) is 287 Å². The summed E-state index contributed by atoms with van der Waals surface area (Å²) in [6.45, 7) is 6.97. The first kappa shape index (κ1) is 46.6. The molecule has 0 saturated carbocycles. The van der Waals surface area contributed by atoms with Crippen LogP contribution in [0.5, 0.6) is 0 Å². The molecule has 0 aliphatic rings. The van der Waals surface area contributed by atoms with Crippen molar-refractivity contribution in [2.24, 2.45) is 0 Å². The number of hydrogen-bond acceptors (Lipinski definition) is 0. The van der Waals surface area contributed by atoms with Crippen LogP contribution in [-0.4, -0.2) is 14.7 Å². The van der Waals surface area contributed by atoms with Gasteiger partial charge in [0.1, 0.15) is 0 Å². The molecule has 0 unspecified atom stereocenters. The average Bonchev–Trinajstić information content (AvgIpc) is 3.07. The van der Waals surface area contributed by atoms with Crippen LogP contribution in [0.2, 0.25) is 15.6 Å². The average molecular weight is 709 g/mol. The van der Waals surface area contributed by atoms with E-state index in [2.05, 4.69) is 20.8 Å². The molecule has 0 aromatic rings. The van der Waals surface area contributed by atoms with E-state index in [1.807, 2.05) is 0 Å². The predicted molar refractivity (Wildman–Crippen MR) is 217 cm³/mol. The van der Waals surface area contributed by atoms with Gasteiger partial charge >= 0.3 is 242 Å². The molecule has 46 heavy (non-hydrogen) atoms. The normalized spacial score (nSPS) is 11.7. The summed E-state index contributed by atoms with van der Waals surface area (Å²) in [5.74, 6) is 0. The Labute approximate surface area is 300 Å². The Morgan fingerprint density at radius 2 is 0.304 bits per heavy atom. The molecule has 0 fully saturated rings. The predicted octanol–water partition coefficient (Wildman–Crippen LogP) is 17.8. The van der Waals surface area contributed by atoms with E-state index < -0.39 is 14.7 Å². The van der Waals surface area contributed by atoms with E-state index in [9.17, 15) is 0 Å². The minimum atomic E-state index is -0.571. The molecule has 1 heteroatoms. The molecule has 0 rings (SSSR count). The number of unbranched alkanes of at least 4 members (excludes halogenated alkanes) is 36. The summed E-state index contributed by atoms with van der Waals surface area (Å²) < 4.78 is 0. The third-order valence-corrected chi connectivity index (χ3v) is 16.7. The van der Waals surface area contributed by atoms with E-state index >= 15 is 0 Å². The van der Waals surface area contributed by atoms with E-state index in [0.29, 0.717) is 0 Å². The van der Waals surface area contributed by atoms with Gasteiger partial charge in [-0.3, -0.25) is 0 Å². The van der Waals surface area contributed by atoms with Crippen molar-refractivity contribution in [3.05, 3.63) is 0 Å². The van der Waals surface area contributed by atoms with Gasteiger partial charge in [-0.2, -0.15) is 0 Å². The zero-order valence-corrected chi connectivity index (χ0v) is 35.0. The molecule has 0 nitrogen and oxygen atoms in total.